The first-order valence-electron chi connectivity index (χ1n) is 9.86. The molecule has 7 nitrogen and oxygen atoms in total. The second-order valence-corrected chi connectivity index (χ2v) is 8.65. The topological polar surface area (TPSA) is 60.7 Å². The van der Waals surface area contributed by atoms with Gasteiger partial charge in [-0.1, -0.05) is 11.6 Å². The van der Waals surface area contributed by atoms with Crippen molar-refractivity contribution in [3.8, 4) is 11.4 Å². The van der Waals surface area contributed by atoms with Crippen LogP contribution in [-0.2, 0) is 18.5 Å². The maximum Gasteiger partial charge on any atom is 0.275 e. The molecule has 9 heteroatoms. The summed E-state index contributed by atoms with van der Waals surface area (Å²) in [5, 5.41) is 8.54. The van der Waals surface area contributed by atoms with E-state index in [1.54, 1.807) is 0 Å². The SMILES string of the molecule is Cn1c(-c2ccc(Cl)cc2)nn(C[NH+]2CC[NH+](CC(=O)NC3CC3)CC2)c1=S. The summed E-state index contributed by atoms with van der Waals surface area (Å²) in [7, 11) is 1.95. The Hall–Kier alpha value is -1.74. The van der Waals surface area contributed by atoms with Crippen molar-refractivity contribution in [1.82, 2.24) is 19.7 Å². The third-order valence-corrected chi connectivity index (χ3v) is 6.27. The zero-order valence-corrected chi connectivity index (χ0v) is 17.7. The normalized spacial score (nSPS) is 22.2. The molecule has 0 atom stereocenters. The van der Waals surface area contributed by atoms with E-state index >= 15 is 0 Å². The number of amides is 1. The van der Waals surface area contributed by atoms with Gasteiger partial charge in [-0.15, -0.1) is 5.10 Å². The summed E-state index contributed by atoms with van der Waals surface area (Å²) >= 11 is 11.6. The van der Waals surface area contributed by atoms with E-state index in [0.717, 1.165) is 61.8 Å². The lowest BCUT2D eigenvalue weighted by Crippen LogP contribution is -3.28. The molecule has 0 spiro atoms. The Bertz CT molecular complexity index is 896. The largest absolute Gasteiger partial charge is 0.348 e. The van der Waals surface area contributed by atoms with E-state index in [4.69, 9.17) is 28.9 Å². The molecule has 4 rings (SSSR count). The van der Waals surface area contributed by atoms with Crippen molar-refractivity contribution in [2.45, 2.75) is 25.6 Å². The predicted molar refractivity (Wildman–Crippen MR) is 110 cm³/mol. The lowest BCUT2D eigenvalue weighted by atomic mass is 10.2. The van der Waals surface area contributed by atoms with Crippen molar-refractivity contribution in [2.24, 2.45) is 7.05 Å². The van der Waals surface area contributed by atoms with Gasteiger partial charge in [-0.3, -0.25) is 4.79 Å². The quantitative estimate of drug-likeness (QED) is 0.539. The van der Waals surface area contributed by atoms with Crippen molar-refractivity contribution in [1.29, 1.82) is 0 Å². The fourth-order valence-electron chi connectivity index (χ4n) is 3.68. The molecule has 0 unspecified atom stereocenters. The van der Waals surface area contributed by atoms with Gasteiger partial charge in [0.1, 0.15) is 26.2 Å². The maximum absolute atomic E-state index is 12.0. The standard InChI is InChI=1S/C19H25ClN6OS/c1-23-18(14-2-4-15(20)5-3-14)22-26(19(23)28)13-25-10-8-24(9-11-25)12-17(27)21-16-6-7-16/h2-5,16H,6-13H2,1H3,(H,21,27)/p+2. The Morgan fingerprint density at radius 2 is 1.86 bits per heavy atom. The summed E-state index contributed by atoms with van der Waals surface area (Å²) in [5.74, 6) is 1.04. The number of carbonyl (C=O) groups excluding carboxylic acids is 1. The van der Waals surface area contributed by atoms with Crippen LogP contribution in [0.5, 0.6) is 0 Å². The second kappa shape index (κ2) is 8.32. The molecule has 1 saturated heterocycles. The molecule has 1 amide bonds. The number of hydrogen-bond donors (Lipinski definition) is 3. The minimum atomic E-state index is 0.195. The zero-order chi connectivity index (χ0) is 19.7. The van der Waals surface area contributed by atoms with Crippen LogP contribution in [0.25, 0.3) is 11.4 Å². The number of aromatic nitrogens is 3. The molecule has 1 aromatic heterocycles. The van der Waals surface area contributed by atoms with Gasteiger partial charge in [0.25, 0.3) is 5.91 Å². The number of quaternary nitrogens is 2. The summed E-state index contributed by atoms with van der Waals surface area (Å²) in [6.07, 6.45) is 2.28. The molecule has 2 fully saturated rings. The number of hydrogen-bond acceptors (Lipinski definition) is 3. The third kappa shape index (κ3) is 4.63. The van der Waals surface area contributed by atoms with Gasteiger partial charge in [-0.05, 0) is 49.3 Å². The van der Waals surface area contributed by atoms with Crippen LogP contribution in [0.3, 0.4) is 0 Å². The van der Waals surface area contributed by atoms with E-state index in [-0.39, 0.29) is 5.91 Å². The van der Waals surface area contributed by atoms with Crippen LogP contribution in [0.4, 0.5) is 0 Å². The summed E-state index contributed by atoms with van der Waals surface area (Å²) in [4.78, 5) is 14.8. The highest BCUT2D eigenvalue weighted by atomic mass is 35.5. The molecule has 1 aromatic carbocycles. The average Bonchev–Trinajstić information content (AvgIpc) is 3.45. The Balaban J connectivity index is 1.35. The van der Waals surface area contributed by atoms with Gasteiger partial charge in [-0.25, -0.2) is 0 Å². The van der Waals surface area contributed by atoms with Gasteiger partial charge < -0.3 is 19.7 Å². The van der Waals surface area contributed by atoms with E-state index < -0.39 is 0 Å². The van der Waals surface area contributed by atoms with E-state index in [1.807, 2.05) is 40.6 Å². The Morgan fingerprint density at radius 1 is 1.21 bits per heavy atom. The summed E-state index contributed by atoms with van der Waals surface area (Å²) < 4.78 is 4.58. The van der Waals surface area contributed by atoms with Crippen molar-refractivity contribution in [3.05, 3.63) is 34.1 Å². The lowest BCUT2D eigenvalue weighted by Gasteiger charge is -2.29. The second-order valence-electron chi connectivity index (χ2n) is 7.85. The fraction of sp³-hybridized carbons (Fsp3) is 0.526. The first-order chi connectivity index (χ1) is 13.5. The van der Waals surface area contributed by atoms with Crippen LogP contribution in [-0.4, -0.2) is 59.0 Å². The highest BCUT2D eigenvalue weighted by Crippen LogP contribution is 2.20. The Labute approximate surface area is 174 Å². The van der Waals surface area contributed by atoms with Gasteiger partial charge in [0.2, 0.25) is 4.77 Å². The Kier molecular flexibility index (Phi) is 5.82. The molecule has 1 saturated carbocycles. The molecule has 28 heavy (non-hydrogen) atoms. The van der Waals surface area contributed by atoms with Crippen molar-refractivity contribution >= 4 is 29.7 Å². The highest BCUT2D eigenvalue weighted by Gasteiger charge is 2.28. The minimum Gasteiger partial charge on any atom is -0.348 e. The number of carbonyl (C=O) groups is 1. The smallest absolute Gasteiger partial charge is 0.275 e. The van der Waals surface area contributed by atoms with Gasteiger partial charge >= 0.3 is 0 Å². The number of piperazine rings is 1. The minimum absolute atomic E-state index is 0.195. The number of nitrogens with one attached hydrogen (secondary N) is 3. The molecule has 150 valence electrons. The molecule has 2 aromatic rings. The molecule has 1 aliphatic heterocycles. The van der Waals surface area contributed by atoms with Crippen molar-refractivity contribution in [2.75, 3.05) is 32.7 Å². The molecule has 2 aliphatic rings. The van der Waals surface area contributed by atoms with Crippen molar-refractivity contribution in [3.63, 3.8) is 0 Å². The summed E-state index contributed by atoms with van der Waals surface area (Å²) in [5.41, 5.74) is 1.00. The summed E-state index contributed by atoms with van der Waals surface area (Å²) in [6, 6.07) is 8.10. The van der Waals surface area contributed by atoms with Crippen LogP contribution in [0.15, 0.2) is 24.3 Å². The molecular weight excluding hydrogens is 396 g/mol. The van der Waals surface area contributed by atoms with E-state index in [1.165, 1.54) is 9.80 Å². The van der Waals surface area contributed by atoms with Gasteiger partial charge in [0.05, 0.1) is 0 Å². The predicted octanol–water partition coefficient (Wildman–Crippen LogP) is -0.709. The molecule has 0 radical (unpaired) electrons. The molecule has 3 N–H and O–H groups in total. The van der Waals surface area contributed by atoms with Crippen LogP contribution in [0.2, 0.25) is 5.02 Å². The average molecular weight is 423 g/mol. The van der Waals surface area contributed by atoms with Gasteiger partial charge in [0, 0.05) is 23.7 Å². The summed E-state index contributed by atoms with van der Waals surface area (Å²) in [6.45, 7) is 5.37. The van der Waals surface area contributed by atoms with E-state index in [9.17, 15) is 4.79 Å². The van der Waals surface area contributed by atoms with Crippen LogP contribution in [0, 0.1) is 4.77 Å². The number of nitrogens with zero attached hydrogens (tertiary/aromatic N) is 3. The monoisotopic (exact) mass is 422 g/mol. The molecule has 0 bridgehead atoms. The van der Waals surface area contributed by atoms with Gasteiger partial charge in [0.15, 0.2) is 19.0 Å². The first-order valence-corrected chi connectivity index (χ1v) is 10.6. The van der Waals surface area contributed by atoms with Gasteiger partial charge in [-0.2, -0.15) is 4.68 Å². The van der Waals surface area contributed by atoms with E-state index in [0.29, 0.717) is 17.6 Å². The number of benzene rings is 1. The molecular formula is C19H27ClN6OS+2. The Morgan fingerprint density at radius 3 is 2.50 bits per heavy atom. The molecule has 1 aliphatic carbocycles. The fourth-order valence-corrected chi connectivity index (χ4v) is 4.00. The zero-order valence-electron chi connectivity index (χ0n) is 16.1. The van der Waals surface area contributed by atoms with Crippen LogP contribution in [0.1, 0.15) is 12.8 Å². The lowest BCUT2D eigenvalue weighted by molar-refractivity contribution is -1.02. The van der Waals surface area contributed by atoms with Crippen LogP contribution < -0.4 is 15.1 Å². The van der Waals surface area contributed by atoms with Crippen molar-refractivity contribution < 1.29 is 14.6 Å². The number of rotatable bonds is 6. The molecule has 2 heterocycles. The van der Waals surface area contributed by atoms with Crippen LogP contribution >= 0.6 is 23.8 Å². The number of halogens is 1. The first kappa shape index (κ1) is 19.6. The maximum atomic E-state index is 12.0. The highest BCUT2D eigenvalue weighted by molar-refractivity contribution is 7.71. The third-order valence-electron chi connectivity index (χ3n) is 5.53. The van der Waals surface area contributed by atoms with E-state index in [2.05, 4.69) is 5.32 Å².